The van der Waals surface area contributed by atoms with E-state index in [0.29, 0.717) is 6.04 Å². The van der Waals surface area contributed by atoms with E-state index >= 15 is 0 Å². The monoisotopic (exact) mass is 274 g/mol. The summed E-state index contributed by atoms with van der Waals surface area (Å²) in [4.78, 5) is 0. The Kier molecular flexibility index (Phi) is 6.55. The third-order valence-electron chi connectivity index (χ3n) is 4.57. The van der Waals surface area contributed by atoms with Gasteiger partial charge in [0.1, 0.15) is 0 Å². The topological polar surface area (TPSA) is 38.0 Å². The lowest BCUT2D eigenvalue weighted by Crippen LogP contribution is -2.28. The Hall–Kier alpha value is -0.860. The van der Waals surface area contributed by atoms with Crippen molar-refractivity contribution in [3.63, 3.8) is 0 Å². The van der Waals surface area contributed by atoms with Crippen LogP contribution in [-0.2, 0) is 12.8 Å². The number of hydrogen-bond donors (Lipinski definition) is 2. The van der Waals surface area contributed by atoms with Gasteiger partial charge in [-0.25, -0.2) is 0 Å². The summed E-state index contributed by atoms with van der Waals surface area (Å²) in [5, 5.41) is 0. The van der Waals surface area contributed by atoms with E-state index in [-0.39, 0.29) is 0 Å². The summed E-state index contributed by atoms with van der Waals surface area (Å²) in [5.74, 6) is 5.76. The standard InChI is InChI=1S/C18H30N2/c1-2-3-4-5-6-7-11-18(20-19)17-13-12-15-9-8-10-16(15)14-17/h12-14,18,20H,2-11,19H2,1H3. The average molecular weight is 274 g/mol. The van der Waals surface area contributed by atoms with Gasteiger partial charge in [0, 0.05) is 6.04 Å². The van der Waals surface area contributed by atoms with E-state index in [2.05, 4.69) is 30.5 Å². The second kappa shape index (κ2) is 8.43. The summed E-state index contributed by atoms with van der Waals surface area (Å²) >= 11 is 0. The third-order valence-corrected chi connectivity index (χ3v) is 4.57. The Balaban J connectivity index is 1.79. The van der Waals surface area contributed by atoms with Gasteiger partial charge in [0.15, 0.2) is 0 Å². The second-order valence-corrected chi connectivity index (χ2v) is 6.16. The Morgan fingerprint density at radius 3 is 2.60 bits per heavy atom. The third kappa shape index (κ3) is 4.32. The molecule has 0 spiro atoms. The number of fused-ring (bicyclic) bond motifs is 1. The van der Waals surface area contributed by atoms with Gasteiger partial charge in [-0.05, 0) is 42.4 Å². The summed E-state index contributed by atoms with van der Waals surface area (Å²) in [6.07, 6.45) is 13.0. The highest BCUT2D eigenvalue weighted by Gasteiger charge is 2.15. The highest BCUT2D eigenvalue weighted by atomic mass is 15.2. The molecule has 2 rings (SSSR count). The van der Waals surface area contributed by atoms with Gasteiger partial charge in [-0.2, -0.15) is 0 Å². The fourth-order valence-electron chi connectivity index (χ4n) is 3.28. The van der Waals surface area contributed by atoms with Crippen molar-refractivity contribution in [1.82, 2.24) is 5.43 Å². The van der Waals surface area contributed by atoms with Gasteiger partial charge >= 0.3 is 0 Å². The van der Waals surface area contributed by atoms with Gasteiger partial charge in [0.25, 0.3) is 0 Å². The molecular weight excluding hydrogens is 244 g/mol. The predicted octanol–water partition coefficient (Wildman–Crippen LogP) is 4.43. The molecule has 0 bridgehead atoms. The van der Waals surface area contributed by atoms with Crippen LogP contribution in [0.5, 0.6) is 0 Å². The van der Waals surface area contributed by atoms with Gasteiger partial charge in [-0.1, -0.05) is 63.6 Å². The largest absolute Gasteiger partial charge is 0.271 e. The molecule has 0 amide bonds. The summed E-state index contributed by atoms with van der Waals surface area (Å²) in [6, 6.07) is 7.28. The first-order valence-electron chi connectivity index (χ1n) is 8.43. The van der Waals surface area contributed by atoms with Crippen LogP contribution in [0.2, 0.25) is 0 Å². The normalized spacial score (nSPS) is 15.3. The fourth-order valence-corrected chi connectivity index (χ4v) is 3.28. The van der Waals surface area contributed by atoms with E-state index in [1.54, 1.807) is 11.1 Å². The Morgan fingerprint density at radius 1 is 1.05 bits per heavy atom. The van der Waals surface area contributed by atoms with Crippen LogP contribution in [0.1, 0.15) is 81.0 Å². The van der Waals surface area contributed by atoms with Crippen molar-refractivity contribution in [1.29, 1.82) is 0 Å². The van der Waals surface area contributed by atoms with E-state index in [0.717, 1.165) is 6.42 Å². The number of hydrazine groups is 1. The Morgan fingerprint density at radius 2 is 1.80 bits per heavy atom. The first-order chi connectivity index (χ1) is 9.85. The molecular formula is C18H30N2. The lowest BCUT2D eigenvalue weighted by atomic mass is 9.97. The molecule has 20 heavy (non-hydrogen) atoms. The molecule has 112 valence electrons. The van der Waals surface area contributed by atoms with Crippen LogP contribution in [-0.4, -0.2) is 0 Å². The Bertz CT molecular complexity index is 400. The van der Waals surface area contributed by atoms with Crippen molar-refractivity contribution in [2.24, 2.45) is 5.84 Å². The molecule has 0 aliphatic heterocycles. The molecule has 0 radical (unpaired) electrons. The van der Waals surface area contributed by atoms with Crippen LogP contribution in [0.3, 0.4) is 0 Å². The minimum absolute atomic E-state index is 0.326. The highest BCUT2D eigenvalue weighted by Crippen LogP contribution is 2.27. The first-order valence-corrected chi connectivity index (χ1v) is 8.43. The molecule has 1 aromatic carbocycles. The number of aryl methyl sites for hydroxylation is 2. The van der Waals surface area contributed by atoms with Crippen molar-refractivity contribution < 1.29 is 0 Å². The minimum atomic E-state index is 0.326. The molecule has 0 fully saturated rings. The van der Waals surface area contributed by atoms with Crippen molar-refractivity contribution in [2.75, 3.05) is 0 Å². The van der Waals surface area contributed by atoms with Crippen LogP contribution < -0.4 is 11.3 Å². The van der Waals surface area contributed by atoms with Gasteiger partial charge in [0.2, 0.25) is 0 Å². The van der Waals surface area contributed by atoms with Crippen LogP contribution in [0.4, 0.5) is 0 Å². The maximum absolute atomic E-state index is 5.76. The number of unbranched alkanes of at least 4 members (excludes halogenated alkanes) is 5. The zero-order valence-electron chi connectivity index (χ0n) is 13.0. The quantitative estimate of drug-likeness (QED) is 0.397. The molecule has 1 aromatic rings. The van der Waals surface area contributed by atoms with Crippen molar-refractivity contribution in [3.05, 3.63) is 34.9 Å². The van der Waals surface area contributed by atoms with Crippen molar-refractivity contribution in [2.45, 2.75) is 77.2 Å². The fraction of sp³-hybridized carbons (Fsp3) is 0.667. The maximum atomic E-state index is 5.76. The molecule has 0 aromatic heterocycles. The molecule has 1 atom stereocenters. The highest BCUT2D eigenvalue weighted by molar-refractivity contribution is 5.36. The minimum Gasteiger partial charge on any atom is -0.271 e. The van der Waals surface area contributed by atoms with E-state index in [1.807, 2.05) is 0 Å². The van der Waals surface area contributed by atoms with Gasteiger partial charge in [0.05, 0.1) is 0 Å². The van der Waals surface area contributed by atoms with Crippen molar-refractivity contribution >= 4 is 0 Å². The average Bonchev–Trinajstić information content (AvgIpc) is 2.94. The number of rotatable bonds is 9. The Labute approximate surface area is 124 Å². The molecule has 3 N–H and O–H groups in total. The molecule has 2 nitrogen and oxygen atoms in total. The molecule has 1 aliphatic rings. The van der Waals surface area contributed by atoms with Gasteiger partial charge < -0.3 is 0 Å². The zero-order valence-corrected chi connectivity index (χ0v) is 13.0. The summed E-state index contributed by atoms with van der Waals surface area (Å²) < 4.78 is 0. The molecule has 1 aliphatic carbocycles. The molecule has 0 saturated carbocycles. The maximum Gasteiger partial charge on any atom is 0.0460 e. The van der Waals surface area contributed by atoms with Crippen molar-refractivity contribution in [3.8, 4) is 0 Å². The second-order valence-electron chi connectivity index (χ2n) is 6.16. The smallest absolute Gasteiger partial charge is 0.0460 e. The van der Waals surface area contributed by atoms with Crippen LogP contribution in [0.25, 0.3) is 0 Å². The SMILES string of the molecule is CCCCCCCCC(NN)c1ccc2c(c1)CCC2. The predicted molar refractivity (Wildman–Crippen MR) is 86.5 cm³/mol. The van der Waals surface area contributed by atoms with Crippen LogP contribution in [0, 0.1) is 0 Å². The molecule has 0 saturated heterocycles. The van der Waals surface area contributed by atoms with E-state index in [4.69, 9.17) is 5.84 Å². The van der Waals surface area contributed by atoms with E-state index in [9.17, 15) is 0 Å². The summed E-state index contributed by atoms with van der Waals surface area (Å²) in [6.45, 7) is 2.27. The molecule has 2 heteroatoms. The van der Waals surface area contributed by atoms with E-state index < -0.39 is 0 Å². The van der Waals surface area contributed by atoms with Crippen LogP contribution in [0.15, 0.2) is 18.2 Å². The molecule has 0 heterocycles. The van der Waals surface area contributed by atoms with Crippen LogP contribution >= 0.6 is 0 Å². The number of hydrogen-bond acceptors (Lipinski definition) is 2. The summed E-state index contributed by atoms with van der Waals surface area (Å²) in [7, 11) is 0. The number of benzene rings is 1. The summed E-state index contributed by atoms with van der Waals surface area (Å²) in [5.41, 5.74) is 7.48. The zero-order chi connectivity index (χ0) is 14.2. The van der Waals surface area contributed by atoms with E-state index in [1.165, 1.54) is 63.4 Å². The number of nitrogens with two attached hydrogens (primary N) is 1. The van der Waals surface area contributed by atoms with Gasteiger partial charge in [-0.3, -0.25) is 11.3 Å². The lowest BCUT2D eigenvalue weighted by Gasteiger charge is -2.17. The lowest BCUT2D eigenvalue weighted by molar-refractivity contribution is 0.477. The first kappa shape index (κ1) is 15.5. The number of nitrogens with one attached hydrogen (secondary N) is 1. The van der Waals surface area contributed by atoms with Gasteiger partial charge in [-0.15, -0.1) is 0 Å². The molecule has 1 unspecified atom stereocenters.